The van der Waals surface area contributed by atoms with Gasteiger partial charge < -0.3 is 15.1 Å². The Hall–Kier alpha value is -9.54. The van der Waals surface area contributed by atoms with Gasteiger partial charge in [0.1, 0.15) is 51.2 Å². The van der Waals surface area contributed by atoms with Crippen LogP contribution < -0.4 is 28.5 Å². The van der Waals surface area contributed by atoms with Crippen molar-refractivity contribution in [2.24, 2.45) is 0 Å². The third kappa shape index (κ3) is 26.3. The highest BCUT2D eigenvalue weighted by atomic mass is 16.5. The summed E-state index contributed by atoms with van der Waals surface area (Å²) in [4.78, 5) is 0. The van der Waals surface area contributed by atoms with Crippen molar-refractivity contribution in [1.82, 2.24) is 13.4 Å². The van der Waals surface area contributed by atoms with Crippen molar-refractivity contribution in [1.29, 1.82) is 0 Å². The predicted octanol–water partition coefficient (Wildman–Crippen LogP) is 33.2. The Bertz CT molecular complexity index is 4160. The molecule has 0 spiro atoms. The van der Waals surface area contributed by atoms with Crippen molar-refractivity contribution in [3.8, 4) is 0 Å². The number of rotatable bonds is 45. The van der Waals surface area contributed by atoms with Crippen LogP contribution in [0, 0.1) is 62.3 Å². The first-order chi connectivity index (χ1) is 60.5. The van der Waals surface area contributed by atoms with Crippen LogP contribution in [0.2, 0.25) is 0 Å². The molecule has 7 heteroatoms. The van der Waals surface area contributed by atoms with Crippen molar-refractivity contribution in [2.45, 2.75) is 295 Å². The van der Waals surface area contributed by atoms with Crippen molar-refractivity contribution in [2.75, 3.05) is 0 Å². The van der Waals surface area contributed by atoms with E-state index in [1.807, 2.05) is 0 Å². The number of aryl methyl sites for hydroxylation is 3. The van der Waals surface area contributed by atoms with E-state index in [2.05, 4.69) is 374 Å². The molecule has 0 amide bonds. The minimum Gasteiger partial charge on any atom is -0.907 e. The first-order valence-corrected chi connectivity index (χ1v) is 48.0. The van der Waals surface area contributed by atoms with E-state index in [1.54, 1.807) is 0 Å². The quantitative estimate of drug-likeness (QED) is 0.0217. The molecule has 12 aromatic rings. The summed E-state index contributed by atoms with van der Waals surface area (Å²) < 4.78 is 1.75. The Morgan fingerprint density at radius 3 is 0.444 bits per heavy atom. The van der Waals surface area contributed by atoms with Gasteiger partial charge in [-0.05, 0) is 151 Å². The molecule has 0 aliphatic carbocycles. The third-order valence-electron chi connectivity index (χ3n) is 26.7. The number of hydrogen-bond acceptors (Lipinski definition) is 3. The average molecular weight is 1660 g/mol. The van der Waals surface area contributed by atoms with E-state index in [9.17, 15) is 0 Å². The molecule has 0 fully saturated rings. The molecule has 654 valence electrons. The van der Waals surface area contributed by atoms with E-state index in [-0.39, 0.29) is 0 Å². The highest BCUT2D eigenvalue weighted by Gasteiger charge is 2.45. The van der Waals surface area contributed by atoms with Gasteiger partial charge in [-0.15, -0.1) is 0 Å². The van der Waals surface area contributed by atoms with E-state index in [0.29, 0.717) is 13.4 Å². The fourth-order valence-corrected chi connectivity index (χ4v) is 19.0. The molecule has 0 aliphatic heterocycles. The summed E-state index contributed by atoms with van der Waals surface area (Å²) in [6.07, 6.45) is 44.6. The van der Waals surface area contributed by atoms with Gasteiger partial charge in [-0.1, -0.05) is 358 Å². The van der Waals surface area contributed by atoms with Gasteiger partial charge in [-0.25, -0.2) is 0 Å². The lowest BCUT2D eigenvalue weighted by Crippen LogP contribution is -2.56. The molecule has 0 bridgehead atoms. The lowest BCUT2D eigenvalue weighted by Gasteiger charge is -2.39. The minimum atomic E-state index is -2.92. The number of quaternary nitrogens is 3. The first-order valence-electron chi connectivity index (χ1n) is 48.0. The molecule has 12 aromatic carbocycles. The molecule has 0 unspecified atom stereocenters. The maximum atomic E-state index is 8.42. The van der Waals surface area contributed by atoms with Gasteiger partial charge in [0.15, 0.2) is 17.1 Å². The second-order valence-corrected chi connectivity index (χ2v) is 34.9. The van der Waals surface area contributed by atoms with E-state index in [1.165, 1.54) is 328 Å². The number of hydrogen-bond donors (Lipinski definition) is 0. The van der Waals surface area contributed by atoms with Crippen LogP contribution in [-0.2, 0) is 19.3 Å². The average Bonchev–Trinajstić information content (AvgIpc) is 0.734. The summed E-state index contributed by atoms with van der Waals surface area (Å²) in [5, 5.41) is 25.2. The van der Waals surface area contributed by atoms with E-state index in [0.717, 1.165) is 19.3 Å². The molecular formula is C117H150BN3O3. The molecule has 0 radical (unpaired) electrons. The molecule has 0 aromatic heterocycles. The van der Waals surface area contributed by atoms with Crippen molar-refractivity contribution in [3.05, 3.63) is 358 Å². The monoisotopic (exact) mass is 1660 g/mol. The topological polar surface area (TPSA) is 69.2 Å². The van der Waals surface area contributed by atoms with Gasteiger partial charge >= 0.3 is 0 Å². The van der Waals surface area contributed by atoms with Gasteiger partial charge in [0.2, 0.25) is 0 Å². The molecule has 12 rings (SSSR count). The number of nitrogens with zero attached hydrogens (tertiary/aromatic N) is 3. The Morgan fingerprint density at radius 1 is 0.177 bits per heavy atom. The Morgan fingerprint density at radius 2 is 0.306 bits per heavy atom. The minimum absolute atomic E-state index is 0.584. The summed E-state index contributed by atoms with van der Waals surface area (Å²) in [5.74, 6) is 0. The zero-order valence-corrected chi connectivity index (χ0v) is 78.2. The number of benzene rings is 12. The maximum Gasteiger partial charge on any atom is 0.151 e. The lowest BCUT2D eigenvalue weighted by molar-refractivity contribution is -0.479. The largest absolute Gasteiger partial charge is 0.907 e. The molecule has 0 aliphatic rings. The smallest absolute Gasteiger partial charge is 0.151 e. The highest BCUT2D eigenvalue weighted by molar-refractivity contribution is 6.24. The summed E-state index contributed by atoms with van der Waals surface area (Å²) in [7, 11) is -2.92. The number of unbranched alkanes of at least 4 members (excludes halogenated alkanes) is 27. The van der Waals surface area contributed by atoms with Crippen LogP contribution in [0.15, 0.2) is 291 Å². The lowest BCUT2D eigenvalue weighted by atomic mass is 9.91. The van der Waals surface area contributed by atoms with Crippen molar-refractivity contribution in [3.63, 3.8) is 0 Å². The SMILES string of the molecule is CCCCCCCCCCCCc1cc([N+](c2ccccc2)(c2ccccc2)c2ccccc2)c(C)c(C)c1C.CCCCCCCCCCCCc1cc([N+](c2ccccc2)(c2ccccc2)c2ccccc2)c(C)c(C)c1C.CCCCCCCCCCCCc1cc([N+](c2ccccc2)(c2ccccc2)c2ccccc2)c(C)c(C)c1C.[O-]B([O-])[O-]. The maximum absolute atomic E-state index is 8.42. The molecule has 124 heavy (non-hydrogen) atoms. The summed E-state index contributed by atoms with van der Waals surface area (Å²) in [6, 6.07) is 107. The molecule has 0 atom stereocenters. The zero-order valence-electron chi connectivity index (χ0n) is 78.2. The molecule has 0 heterocycles. The molecule has 6 nitrogen and oxygen atoms in total. The van der Waals surface area contributed by atoms with Crippen LogP contribution in [0.3, 0.4) is 0 Å². The van der Waals surface area contributed by atoms with Crippen LogP contribution in [0.5, 0.6) is 0 Å². The van der Waals surface area contributed by atoms with Crippen molar-refractivity contribution >= 4 is 75.6 Å². The van der Waals surface area contributed by atoms with Crippen LogP contribution in [0.4, 0.5) is 68.2 Å². The van der Waals surface area contributed by atoms with Crippen LogP contribution in [-0.4, -0.2) is 7.32 Å². The first kappa shape index (κ1) is 98.3. The van der Waals surface area contributed by atoms with Crippen LogP contribution >= 0.6 is 0 Å². The van der Waals surface area contributed by atoms with Gasteiger partial charge in [0.25, 0.3) is 0 Å². The fraction of sp³-hybridized carbons (Fsp3) is 0.385. The fourth-order valence-electron chi connectivity index (χ4n) is 19.0. The highest BCUT2D eigenvalue weighted by Crippen LogP contribution is 2.57. The second-order valence-electron chi connectivity index (χ2n) is 34.9. The van der Waals surface area contributed by atoms with Gasteiger partial charge in [0, 0.05) is 144 Å². The molecule has 0 N–H and O–H groups in total. The van der Waals surface area contributed by atoms with Gasteiger partial charge in [0.05, 0.1) is 0 Å². The molecule has 0 saturated heterocycles. The Labute approximate surface area is 752 Å². The van der Waals surface area contributed by atoms with Crippen molar-refractivity contribution < 1.29 is 15.1 Å². The summed E-state index contributed by atoms with van der Waals surface area (Å²) in [5.41, 5.74) is 32.7. The van der Waals surface area contributed by atoms with E-state index in [4.69, 9.17) is 15.1 Å². The third-order valence-corrected chi connectivity index (χ3v) is 26.7. The number of para-hydroxylation sites is 9. The van der Waals surface area contributed by atoms with Gasteiger partial charge in [-0.3, -0.25) is 7.32 Å². The Kier molecular flexibility index (Phi) is 42.0. The van der Waals surface area contributed by atoms with Gasteiger partial charge in [-0.2, -0.15) is 13.4 Å². The summed E-state index contributed by atoms with van der Waals surface area (Å²) in [6.45, 7) is 27.8. The van der Waals surface area contributed by atoms with E-state index >= 15 is 0 Å². The summed E-state index contributed by atoms with van der Waals surface area (Å²) >= 11 is 0. The van der Waals surface area contributed by atoms with E-state index < -0.39 is 7.32 Å². The standard InChI is InChI=1S/3C39H50N.BO3/c3*1-5-6-7-8-9-10-11-12-13-17-24-35-31-39(34(4)32(2)33(35)3)40(36-25-18-14-19-26-36,37-27-20-15-21-28-37)38-29-22-16-23-30-38;2-1(3)4/h3*14-16,18-23,25-31H,5-13,17,24H2,1-4H3;/q3*+1;-3. The molecule has 0 saturated carbocycles. The van der Waals surface area contributed by atoms with Crippen LogP contribution in [0.1, 0.15) is 280 Å². The second kappa shape index (κ2) is 53.1. The van der Waals surface area contributed by atoms with Crippen LogP contribution in [0.25, 0.3) is 0 Å². The molecular weight excluding hydrogens is 1510 g/mol. The normalized spacial score (nSPS) is 11.4. The zero-order chi connectivity index (χ0) is 88.2. The Balaban J connectivity index is 0.000000206. The predicted molar refractivity (Wildman–Crippen MR) is 535 cm³/mol.